The average Bonchev–Trinajstić information content (AvgIpc) is 3.20. The number of rotatable bonds is 6. The average molecular weight is 447 g/mol. The standard InChI is InChI=1S/C27H30N2O4/c1-17-16-27(2,3)29(11-7-8-12-31-4)22-15-24-18(13-19(17)22)14-20(26(30)33-24)25-28-21-9-5-6-10-23(21)32-25/h5-6,9-10,13-15,17H,7-8,11-12,16H2,1-4H3. The Morgan fingerprint density at radius 1 is 1.12 bits per heavy atom. The number of nitrogens with zero attached hydrogens (tertiary/aromatic N) is 2. The summed E-state index contributed by atoms with van der Waals surface area (Å²) in [7, 11) is 1.74. The molecule has 0 bridgehead atoms. The smallest absolute Gasteiger partial charge is 0.349 e. The first-order valence-corrected chi connectivity index (χ1v) is 11.6. The summed E-state index contributed by atoms with van der Waals surface area (Å²) >= 11 is 0. The van der Waals surface area contributed by atoms with Crippen LogP contribution in [0.2, 0.25) is 0 Å². The van der Waals surface area contributed by atoms with Gasteiger partial charge in [-0.3, -0.25) is 0 Å². The number of aromatic nitrogens is 1. The summed E-state index contributed by atoms with van der Waals surface area (Å²) in [6.07, 6.45) is 3.12. The van der Waals surface area contributed by atoms with Crippen LogP contribution >= 0.6 is 0 Å². The molecular formula is C27H30N2O4. The first kappa shape index (κ1) is 21.7. The van der Waals surface area contributed by atoms with Gasteiger partial charge >= 0.3 is 5.63 Å². The Hall–Kier alpha value is -3.12. The van der Waals surface area contributed by atoms with E-state index in [0.717, 1.165) is 49.0 Å². The van der Waals surface area contributed by atoms with Gasteiger partial charge < -0.3 is 18.5 Å². The second-order valence-electron chi connectivity index (χ2n) is 9.65. The van der Waals surface area contributed by atoms with Crippen molar-refractivity contribution in [2.45, 2.75) is 51.5 Å². The molecule has 0 saturated heterocycles. The molecule has 5 rings (SSSR count). The molecular weight excluding hydrogens is 416 g/mol. The second kappa shape index (κ2) is 8.34. The summed E-state index contributed by atoms with van der Waals surface area (Å²) in [6.45, 7) is 8.56. The zero-order valence-corrected chi connectivity index (χ0v) is 19.7. The normalized spacial score (nSPS) is 17.6. The molecule has 0 fully saturated rings. The van der Waals surface area contributed by atoms with E-state index in [1.807, 2.05) is 36.4 Å². The Bertz CT molecular complexity index is 1330. The molecule has 172 valence electrons. The van der Waals surface area contributed by atoms with Gasteiger partial charge in [0, 0.05) is 42.9 Å². The van der Waals surface area contributed by atoms with Crippen molar-refractivity contribution in [3.05, 3.63) is 58.4 Å². The van der Waals surface area contributed by atoms with E-state index in [-0.39, 0.29) is 5.54 Å². The number of unbranched alkanes of at least 4 members (excludes halogenated alkanes) is 1. The lowest BCUT2D eigenvalue weighted by atomic mass is 9.79. The van der Waals surface area contributed by atoms with E-state index in [9.17, 15) is 4.79 Å². The fourth-order valence-corrected chi connectivity index (χ4v) is 5.17. The van der Waals surface area contributed by atoms with Crippen molar-refractivity contribution in [1.82, 2.24) is 4.98 Å². The molecule has 0 radical (unpaired) electrons. The highest BCUT2D eigenvalue weighted by atomic mass is 16.5. The molecule has 0 saturated carbocycles. The lowest BCUT2D eigenvalue weighted by Crippen LogP contribution is -2.48. The van der Waals surface area contributed by atoms with Crippen molar-refractivity contribution >= 4 is 27.8 Å². The van der Waals surface area contributed by atoms with Crippen LogP contribution in [0.1, 0.15) is 51.5 Å². The van der Waals surface area contributed by atoms with E-state index >= 15 is 0 Å². The van der Waals surface area contributed by atoms with E-state index in [4.69, 9.17) is 13.6 Å². The van der Waals surface area contributed by atoms with Gasteiger partial charge in [0.05, 0.1) is 0 Å². The highest BCUT2D eigenvalue weighted by molar-refractivity contribution is 5.87. The van der Waals surface area contributed by atoms with Crippen molar-refractivity contribution in [3.63, 3.8) is 0 Å². The SMILES string of the molecule is COCCCCN1c2cc3oc(=O)c(-c4nc5ccccc5o4)cc3cc2C(C)CC1(C)C. The van der Waals surface area contributed by atoms with Gasteiger partial charge in [0.15, 0.2) is 5.58 Å². The topological polar surface area (TPSA) is 68.7 Å². The number of ether oxygens (including phenoxy) is 1. The highest BCUT2D eigenvalue weighted by Crippen LogP contribution is 2.45. The molecule has 1 aliphatic heterocycles. The van der Waals surface area contributed by atoms with Crippen molar-refractivity contribution < 1.29 is 13.6 Å². The Labute approximate surface area is 193 Å². The van der Waals surface area contributed by atoms with E-state index in [0.29, 0.717) is 28.5 Å². The van der Waals surface area contributed by atoms with Crippen LogP contribution in [0.15, 0.2) is 56.1 Å². The molecule has 6 nitrogen and oxygen atoms in total. The third-order valence-corrected chi connectivity index (χ3v) is 6.74. The molecule has 2 aromatic carbocycles. The fourth-order valence-electron chi connectivity index (χ4n) is 5.17. The number of benzene rings is 2. The van der Waals surface area contributed by atoms with Crippen molar-refractivity contribution in [2.24, 2.45) is 0 Å². The van der Waals surface area contributed by atoms with Gasteiger partial charge in [-0.1, -0.05) is 19.1 Å². The van der Waals surface area contributed by atoms with Gasteiger partial charge in [0.2, 0.25) is 5.89 Å². The van der Waals surface area contributed by atoms with Crippen LogP contribution < -0.4 is 10.5 Å². The molecule has 0 spiro atoms. The summed E-state index contributed by atoms with van der Waals surface area (Å²) in [5.74, 6) is 0.688. The number of anilines is 1. The van der Waals surface area contributed by atoms with Crippen LogP contribution in [-0.2, 0) is 4.74 Å². The number of oxazole rings is 1. The first-order chi connectivity index (χ1) is 15.9. The maximum absolute atomic E-state index is 12.9. The summed E-state index contributed by atoms with van der Waals surface area (Å²) in [5, 5.41) is 0.886. The van der Waals surface area contributed by atoms with E-state index < -0.39 is 5.63 Å². The Morgan fingerprint density at radius 2 is 1.94 bits per heavy atom. The Balaban J connectivity index is 1.59. The summed E-state index contributed by atoms with van der Waals surface area (Å²) < 4.78 is 16.9. The van der Waals surface area contributed by atoms with Crippen LogP contribution in [0.3, 0.4) is 0 Å². The van der Waals surface area contributed by atoms with Crippen molar-refractivity contribution in [1.29, 1.82) is 0 Å². The minimum atomic E-state index is -0.441. The fraction of sp³-hybridized carbons (Fsp3) is 0.407. The highest BCUT2D eigenvalue weighted by Gasteiger charge is 2.36. The van der Waals surface area contributed by atoms with E-state index in [1.54, 1.807) is 7.11 Å². The number of fused-ring (bicyclic) bond motifs is 3. The van der Waals surface area contributed by atoms with Crippen LogP contribution in [0.5, 0.6) is 0 Å². The van der Waals surface area contributed by atoms with E-state index in [2.05, 4.69) is 36.7 Å². The molecule has 0 N–H and O–H groups in total. The third kappa shape index (κ3) is 3.93. The van der Waals surface area contributed by atoms with Crippen molar-refractivity contribution in [3.8, 4) is 11.5 Å². The maximum atomic E-state index is 12.9. The molecule has 2 aromatic heterocycles. The van der Waals surface area contributed by atoms with Gasteiger partial charge in [-0.2, -0.15) is 0 Å². The van der Waals surface area contributed by atoms with Gasteiger partial charge in [-0.15, -0.1) is 0 Å². The molecule has 0 aliphatic carbocycles. The second-order valence-corrected chi connectivity index (χ2v) is 9.65. The quantitative estimate of drug-likeness (QED) is 0.262. The molecule has 6 heteroatoms. The monoisotopic (exact) mass is 446 g/mol. The van der Waals surface area contributed by atoms with Crippen LogP contribution in [0.25, 0.3) is 33.5 Å². The summed E-state index contributed by atoms with van der Waals surface area (Å²) in [6, 6.07) is 13.5. The third-order valence-electron chi connectivity index (χ3n) is 6.74. The lowest BCUT2D eigenvalue weighted by Gasteiger charge is -2.47. The van der Waals surface area contributed by atoms with Gasteiger partial charge in [0.25, 0.3) is 0 Å². The van der Waals surface area contributed by atoms with E-state index in [1.165, 1.54) is 5.56 Å². The maximum Gasteiger partial charge on any atom is 0.349 e. The molecule has 3 heterocycles. The number of methoxy groups -OCH3 is 1. The van der Waals surface area contributed by atoms with Gasteiger partial charge in [-0.05, 0) is 68.9 Å². The van der Waals surface area contributed by atoms with Gasteiger partial charge in [0.1, 0.15) is 16.7 Å². The predicted molar refractivity (Wildman–Crippen MR) is 131 cm³/mol. The number of hydrogen-bond acceptors (Lipinski definition) is 6. The van der Waals surface area contributed by atoms with Crippen LogP contribution in [0.4, 0.5) is 5.69 Å². The predicted octanol–water partition coefficient (Wildman–Crippen LogP) is 6.12. The zero-order valence-electron chi connectivity index (χ0n) is 19.7. The summed E-state index contributed by atoms with van der Waals surface area (Å²) in [4.78, 5) is 19.9. The molecule has 1 aliphatic rings. The zero-order chi connectivity index (χ0) is 23.2. The minimum Gasteiger partial charge on any atom is -0.436 e. The molecule has 0 amide bonds. The Kier molecular flexibility index (Phi) is 5.49. The summed E-state index contributed by atoms with van der Waals surface area (Å²) in [5.41, 5.74) is 4.32. The largest absolute Gasteiger partial charge is 0.436 e. The van der Waals surface area contributed by atoms with Crippen molar-refractivity contribution in [2.75, 3.05) is 25.2 Å². The minimum absolute atomic E-state index is 0.0194. The molecule has 33 heavy (non-hydrogen) atoms. The first-order valence-electron chi connectivity index (χ1n) is 11.6. The molecule has 1 unspecified atom stereocenters. The lowest BCUT2D eigenvalue weighted by molar-refractivity contribution is 0.192. The molecule has 1 atom stereocenters. The van der Waals surface area contributed by atoms with Crippen LogP contribution in [0, 0.1) is 0 Å². The Morgan fingerprint density at radius 3 is 2.73 bits per heavy atom. The number of para-hydroxylation sites is 2. The molecule has 4 aromatic rings. The van der Waals surface area contributed by atoms with Crippen LogP contribution in [-0.4, -0.2) is 30.8 Å². The number of hydrogen-bond donors (Lipinski definition) is 0. The van der Waals surface area contributed by atoms with Gasteiger partial charge in [-0.25, -0.2) is 9.78 Å².